The summed E-state index contributed by atoms with van der Waals surface area (Å²) in [6.07, 6.45) is 1.07. The molecule has 0 spiro atoms. The third-order valence-corrected chi connectivity index (χ3v) is 7.72. The molecule has 0 saturated carbocycles. The molecule has 1 fully saturated rings. The van der Waals surface area contributed by atoms with Gasteiger partial charge in [-0.25, -0.2) is 8.42 Å². The lowest BCUT2D eigenvalue weighted by molar-refractivity contribution is -0.121. The predicted octanol–water partition coefficient (Wildman–Crippen LogP) is 4.94. The highest BCUT2D eigenvalue weighted by Crippen LogP contribution is 2.24. The summed E-state index contributed by atoms with van der Waals surface area (Å²) in [5.41, 5.74) is 2.49. The summed E-state index contributed by atoms with van der Waals surface area (Å²) in [6.45, 7) is 2.85. The SMILES string of the molecule is Cc1ccc(NS(=O)(=O)c2ccc(NC(=O)C3CCN(C(=O)c4ccccc4Cl)CC3)cc2)cc1. The monoisotopic (exact) mass is 511 g/mol. The summed E-state index contributed by atoms with van der Waals surface area (Å²) in [5, 5.41) is 3.27. The Morgan fingerprint density at radius 1 is 0.886 bits per heavy atom. The first kappa shape index (κ1) is 24.8. The van der Waals surface area contributed by atoms with Gasteiger partial charge in [0.15, 0.2) is 0 Å². The van der Waals surface area contributed by atoms with Gasteiger partial charge in [-0.05, 0) is 68.3 Å². The average Bonchev–Trinajstić information content (AvgIpc) is 2.85. The molecule has 2 amide bonds. The molecule has 0 atom stereocenters. The first-order chi connectivity index (χ1) is 16.7. The average molecular weight is 512 g/mol. The smallest absolute Gasteiger partial charge is 0.261 e. The maximum Gasteiger partial charge on any atom is 0.261 e. The molecule has 182 valence electrons. The zero-order valence-electron chi connectivity index (χ0n) is 19.2. The second kappa shape index (κ2) is 10.5. The lowest BCUT2D eigenvalue weighted by Crippen LogP contribution is -2.41. The van der Waals surface area contributed by atoms with Crippen LogP contribution in [0, 0.1) is 12.8 Å². The zero-order chi connectivity index (χ0) is 25.0. The zero-order valence-corrected chi connectivity index (χ0v) is 20.8. The Kier molecular flexibility index (Phi) is 7.42. The van der Waals surface area contributed by atoms with Gasteiger partial charge < -0.3 is 10.2 Å². The second-order valence-corrected chi connectivity index (χ2v) is 10.6. The number of halogens is 1. The van der Waals surface area contributed by atoms with Gasteiger partial charge in [-0.3, -0.25) is 14.3 Å². The second-order valence-electron chi connectivity index (χ2n) is 8.53. The lowest BCUT2D eigenvalue weighted by Gasteiger charge is -2.31. The van der Waals surface area contributed by atoms with Crippen LogP contribution in [0.1, 0.15) is 28.8 Å². The number of benzene rings is 3. The minimum Gasteiger partial charge on any atom is -0.339 e. The molecule has 3 aromatic rings. The molecule has 4 rings (SSSR count). The number of aryl methyl sites for hydroxylation is 1. The molecular weight excluding hydrogens is 486 g/mol. The molecule has 1 aliphatic heterocycles. The van der Waals surface area contributed by atoms with E-state index >= 15 is 0 Å². The molecular formula is C26H26ClN3O4S. The Hall–Kier alpha value is -3.36. The maximum absolute atomic E-state index is 12.8. The normalized spacial score (nSPS) is 14.4. The van der Waals surface area contributed by atoms with Crippen LogP contribution in [0.2, 0.25) is 5.02 Å². The molecule has 0 aliphatic carbocycles. The largest absolute Gasteiger partial charge is 0.339 e. The Morgan fingerprint density at radius 3 is 2.11 bits per heavy atom. The van der Waals surface area contributed by atoms with Gasteiger partial charge in [0.1, 0.15) is 0 Å². The predicted molar refractivity (Wildman–Crippen MR) is 137 cm³/mol. The number of amides is 2. The van der Waals surface area contributed by atoms with Crippen molar-refractivity contribution in [2.45, 2.75) is 24.7 Å². The van der Waals surface area contributed by atoms with Crippen molar-refractivity contribution in [1.82, 2.24) is 4.90 Å². The quantitative estimate of drug-likeness (QED) is 0.490. The highest BCUT2D eigenvalue weighted by Gasteiger charge is 2.28. The van der Waals surface area contributed by atoms with Crippen LogP contribution in [0.3, 0.4) is 0 Å². The van der Waals surface area contributed by atoms with Crippen molar-refractivity contribution >= 4 is 44.8 Å². The minimum atomic E-state index is -3.74. The summed E-state index contributed by atoms with van der Waals surface area (Å²) in [6, 6.07) is 20.0. The molecule has 0 bridgehead atoms. The lowest BCUT2D eigenvalue weighted by atomic mass is 9.95. The Balaban J connectivity index is 1.32. The summed E-state index contributed by atoms with van der Waals surface area (Å²) in [7, 11) is -3.74. The van der Waals surface area contributed by atoms with Crippen molar-refractivity contribution < 1.29 is 18.0 Å². The molecule has 1 heterocycles. The third-order valence-electron chi connectivity index (χ3n) is 5.99. The van der Waals surface area contributed by atoms with Crippen LogP contribution in [0.4, 0.5) is 11.4 Å². The van der Waals surface area contributed by atoms with Gasteiger partial charge in [0.05, 0.1) is 15.5 Å². The van der Waals surface area contributed by atoms with Gasteiger partial charge in [0, 0.05) is 30.4 Å². The molecule has 1 saturated heterocycles. The molecule has 35 heavy (non-hydrogen) atoms. The Bertz CT molecular complexity index is 1320. The van der Waals surface area contributed by atoms with Crippen LogP contribution >= 0.6 is 11.6 Å². The fraction of sp³-hybridized carbons (Fsp3) is 0.231. The molecule has 2 N–H and O–H groups in total. The summed E-state index contributed by atoms with van der Waals surface area (Å²) in [4.78, 5) is 27.3. The minimum absolute atomic E-state index is 0.0995. The van der Waals surface area contributed by atoms with Gasteiger partial charge in [0.25, 0.3) is 15.9 Å². The number of hydrogen-bond donors (Lipinski definition) is 2. The first-order valence-corrected chi connectivity index (χ1v) is 13.1. The Labute approximate surface area is 210 Å². The number of anilines is 2. The van der Waals surface area contributed by atoms with Gasteiger partial charge in [-0.2, -0.15) is 0 Å². The van der Waals surface area contributed by atoms with E-state index in [0.29, 0.717) is 47.9 Å². The molecule has 3 aromatic carbocycles. The maximum atomic E-state index is 12.8. The highest BCUT2D eigenvalue weighted by atomic mass is 35.5. The van der Waals surface area contributed by atoms with E-state index in [0.717, 1.165) is 5.56 Å². The number of carbonyl (C=O) groups is 2. The molecule has 0 unspecified atom stereocenters. The number of nitrogens with one attached hydrogen (secondary N) is 2. The third kappa shape index (κ3) is 6.01. The standard InChI is InChI=1S/C26H26ClN3O4S/c1-18-6-8-21(9-7-18)29-35(33,34)22-12-10-20(11-13-22)28-25(31)19-14-16-30(17-15-19)26(32)23-4-2-3-5-24(23)27/h2-13,19,29H,14-17H2,1H3,(H,28,31). The van der Waals surface area contributed by atoms with Gasteiger partial charge in [-0.15, -0.1) is 0 Å². The number of sulfonamides is 1. The van der Waals surface area contributed by atoms with Crippen LogP contribution in [-0.4, -0.2) is 38.2 Å². The van der Waals surface area contributed by atoms with Crippen molar-refractivity contribution in [3.63, 3.8) is 0 Å². The van der Waals surface area contributed by atoms with Crippen molar-refractivity contribution in [1.29, 1.82) is 0 Å². The molecule has 9 heteroatoms. The number of hydrogen-bond acceptors (Lipinski definition) is 4. The van der Waals surface area contributed by atoms with E-state index in [4.69, 9.17) is 11.6 Å². The van der Waals surface area contributed by atoms with E-state index in [1.165, 1.54) is 12.1 Å². The topological polar surface area (TPSA) is 95.6 Å². The van der Waals surface area contributed by atoms with E-state index in [1.807, 2.05) is 19.1 Å². The summed E-state index contributed by atoms with van der Waals surface area (Å²) < 4.78 is 27.8. The Morgan fingerprint density at radius 2 is 1.49 bits per heavy atom. The van der Waals surface area contributed by atoms with Crippen LogP contribution in [-0.2, 0) is 14.8 Å². The van der Waals surface area contributed by atoms with Crippen LogP contribution in [0.5, 0.6) is 0 Å². The number of piperidine rings is 1. The van der Waals surface area contributed by atoms with Gasteiger partial charge >= 0.3 is 0 Å². The highest BCUT2D eigenvalue weighted by molar-refractivity contribution is 7.92. The van der Waals surface area contributed by atoms with E-state index in [2.05, 4.69) is 10.0 Å². The van der Waals surface area contributed by atoms with Crippen molar-refractivity contribution in [2.75, 3.05) is 23.1 Å². The number of rotatable bonds is 6. The van der Waals surface area contributed by atoms with Crippen LogP contribution in [0.15, 0.2) is 77.7 Å². The molecule has 7 nitrogen and oxygen atoms in total. The molecule has 1 aliphatic rings. The first-order valence-electron chi connectivity index (χ1n) is 11.3. The van der Waals surface area contributed by atoms with Crippen LogP contribution < -0.4 is 10.0 Å². The number of carbonyl (C=O) groups excluding carboxylic acids is 2. The van der Waals surface area contributed by atoms with Crippen LogP contribution in [0.25, 0.3) is 0 Å². The number of nitrogens with zero attached hydrogens (tertiary/aromatic N) is 1. The van der Waals surface area contributed by atoms with Gasteiger partial charge in [-0.1, -0.05) is 41.4 Å². The van der Waals surface area contributed by atoms with E-state index < -0.39 is 10.0 Å². The fourth-order valence-corrected chi connectivity index (χ4v) is 5.22. The van der Waals surface area contributed by atoms with E-state index in [-0.39, 0.29) is 22.6 Å². The fourth-order valence-electron chi connectivity index (χ4n) is 3.95. The summed E-state index contributed by atoms with van der Waals surface area (Å²) >= 11 is 6.14. The van der Waals surface area contributed by atoms with E-state index in [9.17, 15) is 18.0 Å². The number of likely N-dealkylation sites (tertiary alicyclic amines) is 1. The van der Waals surface area contributed by atoms with Gasteiger partial charge in [0.2, 0.25) is 5.91 Å². The van der Waals surface area contributed by atoms with Crippen molar-refractivity contribution in [3.05, 3.63) is 88.9 Å². The van der Waals surface area contributed by atoms with Crippen molar-refractivity contribution in [3.8, 4) is 0 Å². The molecule has 0 radical (unpaired) electrons. The van der Waals surface area contributed by atoms with E-state index in [1.54, 1.807) is 53.4 Å². The molecule has 0 aromatic heterocycles. The summed E-state index contributed by atoms with van der Waals surface area (Å²) in [5.74, 6) is -0.523. The van der Waals surface area contributed by atoms with Crippen molar-refractivity contribution in [2.24, 2.45) is 5.92 Å².